The van der Waals surface area contributed by atoms with Crippen LogP contribution in [0.15, 0.2) is 18.2 Å². The quantitative estimate of drug-likeness (QED) is 0.694. The highest BCUT2D eigenvalue weighted by molar-refractivity contribution is 5.93. The van der Waals surface area contributed by atoms with Gasteiger partial charge >= 0.3 is 0 Å². The Morgan fingerprint density at radius 2 is 1.81 bits per heavy atom. The molecule has 0 amide bonds. The molecule has 27 heavy (non-hydrogen) atoms. The molecule has 2 fully saturated rings. The van der Waals surface area contributed by atoms with E-state index in [9.17, 15) is 0 Å². The predicted molar refractivity (Wildman–Crippen MR) is 103 cm³/mol. The molecule has 5 rings (SSSR count). The van der Waals surface area contributed by atoms with Crippen LogP contribution in [0.1, 0.15) is 44.0 Å². The van der Waals surface area contributed by atoms with E-state index in [1.54, 1.807) is 0 Å². The van der Waals surface area contributed by atoms with Crippen LogP contribution in [0.2, 0.25) is 0 Å². The number of fused-ring (bicyclic) bond motifs is 3. The van der Waals surface area contributed by atoms with Gasteiger partial charge in [-0.1, -0.05) is 25.5 Å². The second-order valence-corrected chi connectivity index (χ2v) is 7.90. The standard InChI is InChI=1S/C20H25N5O2/c1-13(2)17-22-23-18-15-12-14(3)4-5-16(15)21-19(25(17)18)24-8-6-20(7-9-24)26-10-11-27-20/h4-5,12-13H,6-11H2,1-3H3. The monoisotopic (exact) mass is 367 g/mol. The molecule has 3 aromatic rings. The van der Waals surface area contributed by atoms with Crippen LogP contribution >= 0.6 is 0 Å². The van der Waals surface area contributed by atoms with E-state index in [1.807, 2.05) is 0 Å². The molecule has 0 saturated carbocycles. The van der Waals surface area contributed by atoms with Crippen LogP contribution in [-0.2, 0) is 9.47 Å². The van der Waals surface area contributed by atoms with Gasteiger partial charge in [0.2, 0.25) is 5.95 Å². The zero-order valence-corrected chi connectivity index (χ0v) is 16.1. The van der Waals surface area contributed by atoms with Crippen LogP contribution in [0.5, 0.6) is 0 Å². The van der Waals surface area contributed by atoms with E-state index >= 15 is 0 Å². The van der Waals surface area contributed by atoms with Gasteiger partial charge in [-0.15, -0.1) is 10.2 Å². The fourth-order valence-electron chi connectivity index (χ4n) is 4.17. The van der Waals surface area contributed by atoms with E-state index in [2.05, 4.69) is 58.5 Å². The minimum absolute atomic E-state index is 0.264. The Balaban J connectivity index is 1.64. The van der Waals surface area contributed by atoms with Gasteiger partial charge in [0.05, 0.1) is 18.7 Å². The van der Waals surface area contributed by atoms with Crippen LogP contribution < -0.4 is 4.90 Å². The molecule has 0 aliphatic carbocycles. The summed E-state index contributed by atoms with van der Waals surface area (Å²) < 4.78 is 13.9. The lowest BCUT2D eigenvalue weighted by atomic mass is 10.0. The second kappa shape index (κ2) is 6.14. The van der Waals surface area contributed by atoms with Gasteiger partial charge in [-0.25, -0.2) is 9.38 Å². The van der Waals surface area contributed by atoms with Crippen molar-refractivity contribution >= 4 is 22.5 Å². The van der Waals surface area contributed by atoms with Crippen molar-refractivity contribution < 1.29 is 9.47 Å². The number of benzene rings is 1. The first kappa shape index (κ1) is 16.9. The number of ether oxygens (including phenoxy) is 2. The number of aryl methyl sites for hydroxylation is 1. The summed E-state index contributed by atoms with van der Waals surface area (Å²) in [4.78, 5) is 7.34. The molecule has 0 atom stereocenters. The van der Waals surface area contributed by atoms with E-state index in [1.165, 1.54) is 5.56 Å². The third-order valence-electron chi connectivity index (χ3n) is 5.64. The van der Waals surface area contributed by atoms with Gasteiger partial charge in [0.1, 0.15) is 5.82 Å². The summed E-state index contributed by atoms with van der Waals surface area (Å²) in [5, 5.41) is 10.1. The molecule has 1 spiro atoms. The largest absolute Gasteiger partial charge is 0.347 e. The molecule has 0 unspecified atom stereocenters. The summed E-state index contributed by atoms with van der Waals surface area (Å²) >= 11 is 0. The molecule has 2 aliphatic rings. The maximum atomic E-state index is 5.88. The van der Waals surface area contributed by atoms with Crippen LogP contribution in [0, 0.1) is 6.92 Å². The fourth-order valence-corrected chi connectivity index (χ4v) is 4.17. The molecular weight excluding hydrogens is 342 g/mol. The molecule has 0 N–H and O–H groups in total. The number of hydrogen-bond acceptors (Lipinski definition) is 6. The Kier molecular flexibility index (Phi) is 3.84. The average molecular weight is 367 g/mol. The lowest BCUT2D eigenvalue weighted by molar-refractivity contribution is -0.169. The number of rotatable bonds is 2. The van der Waals surface area contributed by atoms with E-state index in [0.29, 0.717) is 13.2 Å². The third kappa shape index (κ3) is 2.68. The van der Waals surface area contributed by atoms with Crippen molar-refractivity contribution in [3.63, 3.8) is 0 Å². The van der Waals surface area contributed by atoms with Crippen molar-refractivity contribution in [3.8, 4) is 0 Å². The molecule has 4 heterocycles. The smallest absolute Gasteiger partial charge is 0.213 e. The summed E-state index contributed by atoms with van der Waals surface area (Å²) in [6.07, 6.45) is 1.70. The Morgan fingerprint density at radius 1 is 1.07 bits per heavy atom. The number of piperidine rings is 1. The first-order chi connectivity index (χ1) is 13.1. The van der Waals surface area contributed by atoms with Gasteiger partial charge in [0, 0.05) is 37.2 Å². The molecule has 7 nitrogen and oxygen atoms in total. The highest BCUT2D eigenvalue weighted by atomic mass is 16.7. The van der Waals surface area contributed by atoms with E-state index < -0.39 is 5.79 Å². The summed E-state index contributed by atoms with van der Waals surface area (Å²) in [6.45, 7) is 9.46. The first-order valence-electron chi connectivity index (χ1n) is 9.75. The molecule has 2 aliphatic heterocycles. The highest BCUT2D eigenvalue weighted by Crippen LogP contribution is 2.34. The van der Waals surface area contributed by atoms with Crippen molar-refractivity contribution in [1.82, 2.24) is 19.6 Å². The normalized spacial score (nSPS) is 19.8. The van der Waals surface area contributed by atoms with Crippen molar-refractivity contribution in [2.75, 3.05) is 31.2 Å². The highest BCUT2D eigenvalue weighted by Gasteiger charge is 2.40. The van der Waals surface area contributed by atoms with Crippen molar-refractivity contribution in [2.24, 2.45) is 0 Å². The van der Waals surface area contributed by atoms with Crippen LogP contribution in [0.3, 0.4) is 0 Å². The molecule has 2 aromatic heterocycles. The summed E-state index contributed by atoms with van der Waals surface area (Å²) in [5.74, 6) is 1.74. The van der Waals surface area contributed by atoms with E-state index in [4.69, 9.17) is 14.5 Å². The summed E-state index contributed by atoms with van der Waals surface area (Å²) in [7, 11) is 0. The Labute approximate surface area is 158 Å². The molecular formula is C20H25N5O2. The maximum Gasteiger partial charge on any atom is 0.213 e. The van der Waals surface area contributed by atoms with Crippen molar-refractivity contribution in [2.45, 2.75) is 45.3 Å². The maximum absolute atomic E-state index is 5.88. The van der Waals surface area contributed by atoms with E-state index in [-0.39, 0.29) is 5.92 Å². The number of aromatic nitrogens is 4. The third-order valence-corrected chi connectivity index (χ3v) is 5.64. The number of hydrogen-bond donors (Lipinski definition) is 0. The van der Waals surface area contributed by atoms with Gasteiger partial charge in [-0.3, -0.25) is 0 Å². The number of anilines is 1. The molecule has 7 heteroatoms. The van der Waals surface area contributed by atoms with Crippen LogP contribution in [0.4, 0.5) is 5.95 Å². The predicted octanol–water partition coefficient (Wildman–Crippen LogP) is 3.05. The Hall–Kier alpha value is -2.25. The SMILES string of the molecule is Cc1ccc2nc(N3CCC4(CC3)OCCO4)n3c(C(C)C)nnc3c2c1. The van der Waals surface area contributed by atoms with Gasteiger partial charge in [-0.05, 0) is 19.1 Å². The zero-order chi connectivity index (χ0) is 18.6. The van der Waals surface area contributed by atoms with Gasteiger partial charge in [0.15, 0.2) is 11.4 Å². The first-order valence-corrected chi connectivity index (χ1v) is 9.75. The lowest BCUT2D eigenvalue weighted by Gasteiger charge is -2.38. The summed E-state index contributed by atoms with van der Waals surface area (Å²) in [6, 6.07) is 6.32. The average Bonchev–Trinajstić information content (AvgIpc) is 3.30. The van der Waals surface area contributed by atoms with Gasteiger partial charge in [0.25, 0.3) is 0 Å². The molecule has 142 valence electrons. The fraction of sp³-hybridized carbons (Fsp3) is 0.550. The minimum atomic E-state index is -0.391. The number of nitrogens with zero attached hydrogens (tertiary/aromatic N) is 5. The van der Waals surface area contributed by atoms with Crippen molar-refractivity contribution in [1.29, 1.82) is 0 Å². The Bertz CT molecular complexity index is 996. The van der Waals surface area contributed by atoms with Gasteiger partial charge < -0.3 is 14.4 Å². The molecule has 2 saturated heterocycles. The molecule has 1 aromatic carbocycles. The zero-order valence-electron chi connectivity index (χ0n) is 16.1. The molecule has 0 bridgehead atoms. The Morgan fingerprint density at radius 3 is 2.52 bits per heavy atom. The molecule has 0 radical (unpaired) electrons. The second-order valence-electron chi connectivity index (χ2n) is 7.90. The van der Waals surface area contributed by atoms with Gasteiger partial charge in [-0.2, -0.15) is 0 Å². The minimum Gasteiger partial charge on any atom is -0.347 e. The van der Waals surface area contributed by atoms with Crippen molar-refractivity contribution in [3.05, 3.63) is 29.6 Å². The van der Waals surface area contributed by atoms with Crippen LogP contribution in [0.25, 0.3) is 16.6 Å². The van der Waals surface area contributed by atoms with Crippen LogP contribution in [-0.4, -0.2) is 51.7 Å². The summed E-state index contributed by atoms with van der Waals surface area (Å²) in [5.41, 5.74) is 3.04. The van der Waals surface area contributed by atoms with E-state index in [0.717, 1.165) is 54.3 Å². The topological polar surface area (TPSA) is 64.8 Å². The lowest BCUT2D eigenvalue weighted by Crippen LogP contribution is -2.46.